The summed E-state index contributed by atoms with van der Waals surface area (Å²) in [6.45, 7) is 2.57. The third-order valence-electron chi connectivity index (χ3n) is 4.80. The van der Waals surface area contributed by atoms with Crippen molar-refractivity contribution in [2.75, 3.05) is 24.4 Å². The zero-order valence-electron chi connectivity index (χ0n) is 15.7. The van der Waals surface area contributed by atoms with Gasteiger partial charge in [0.25, 0.3) is 0 Å². The number of nitrogens with zero attached hydrogens (tertiary/aromatic N) is 4. The van der Waals surface area contributed by atoms with Crippen LogP contribution in [0.1, 0.15) is 12.5 Å². The van der Waals surface area contributed by atoms with E-state index in [2.05, 4.69) is 16.3 Å². The van der Waals surface area contributed by atoms with Gasteiger partial charge in [0, 0.05) is 17.8 Å². The molecule has 4 rings (SSSR count). The van der Waals surface area contributed by atoms with Gasteiger partial charge in [0.1, 0.15) is 5.75 Å². The van der Waals surface area contributed by atoms with Gasteiger partial charge in [-0.2, -0.15) is 0 Å². The third-order valence-corrected chi connectivity index (χ3v) is 5.84. The molecule has 1 atom stereocenters. The minimum atomic E-state index is -0.332. The molecule has 7 nitrogen and oxygen atoms in total. The van der Waals surface area contributed by atoms with E-state index in [1.807, 2.05) is 54.3 Å². The van der Waals surface area contributed by atoms with Crippen molar-refractivity contribution in [3.8, 4) is 17.1 Å². The summed E-state index contributed by atoms with van der Waals surface area (Å²) in [4.78, 5) is 14.8. The summed E-state index contributed by atoms with van der Waals surface area (Å²) in [5.74, 6) is 7.54. The van der Waals surface area contributed by atoms with Crippen molar-refractivity contribution in [2.45, 2.75) is 23.8 Å². The Bertz CT molecular complexity index is 1000. The SMILES string of the molecule is COc1ccc(-c2nnc(S[C@H](C)C(=O)N3CCc4ccccc43)n2N)cc1. The highest BCUT2D eigenvalue weighted by Crippen LogP contribution is 2.31. The second-order valence-corrected chi connectivity index (χ2v) is 7.84. The van der Waals surface area contributed by atoms with Crippen molar-refractivity contribution in [1.29, 1.82) is 0 Å². The van der Waals surface area contributed by atoms with Gasteiger partial charge in [-0.3, -0.25) is 4.79 Å². The van der Waals surface area contributed by atoms with Crippen LogP contribution in [-0.2, 0) is 11.2 Å². The highest BCUT2D eigenvalue weighted by Gasteiger charge is 2.29. The van der Waals surface area contributed by atoms with Crippen LogP contribution in [0.2, 0.25) is 0 Å². The molecule has 1 aromatic heterocycles. The summed E-state index contributed by atoms with van der Waals surface area (Å²) < 4.78 is 6.60. The molecule has 0 unspecified atom stereocenters. The zero-order valence-corrected chi connectivity index (χ0v) is 16.5. The monoisotopic (exact) mass is 395 g/mol. The standard InChI is InChI=1S/C20H21N5O2S/c1-13(19(26)24-12-11-14-5-3-4-6-17(14)24)28-20-23-22-18(25(20)21)15-7-9-16(27-2)10-8-15/h3-10,13H,11-12,21H2,1-2H3/t13-/m1/s1. The zero-order chi connectivity index (χ0) is 19.7. The fourth-order valence-electron chi connectivity index (χ4n) is 3.29. The summed E-state index contributed by atoms with van der Waals surface area (Å²) >= 11 is 1.31. The number of nitrogen functional groups attached to an aromatic ring is 1. The van der Waals surface area contributed by atoms with Gasteiger partial charge in [-0.1, -0.05) is 30.0 Å². The van der Waals surface area contributed by atoms with Crippen molar-refractivity contribution in [3.63, 3.8) is 0 Å². The molecular formula is C20H21N5O2S. The lowest BCUT2D eigenvalue weighted by Crippen LogP contribution is -2.35. The number of para-hydroxylation sites is 1. The van der Waals surface area contributed by atoms with Crippen LogP contribution >= 0.6 is 11.8 Å². The van der Waals surface area contributed by atoms with Crippen molar-refractivity contribution in [3.05, 3.63) is 54.1 Å². The second kappa shape index (κ2) is 7.55. The van der Waals surface area contributed by atoms with E-state index in [1.165, 1.54) is 22.0 Å². The average Bonchev–Trinajstić information content (AvgIpc) is 3.31. The number of thioether (sulfide) groups is 1. The molecule has 1 aliphatic heterocycles. The van der Waals surface area contributed by atoms with Crippen LogP contribution < -0.4 is 15.5 Å². The molecule has 28 heavy (non-hydrogen) atoms. The highest BCUT2D eigenvalue weighted by atomic mass is 32.2. The Labute approximate surface area is 167 Å². The number of fused-ring (bicyclic) bond motifs is 1. The number of rotatable bonds is 5. The number of methoxy groups -OCH3 is 1. The van der Waals surface area contributed by atoms with Gasteiger partial charge in [0.15, 0.2) is 5.82 Å². The average molecular weight is 395 g/mol. The number of ether oxygens (including phenoxy) is 1. The van der Waals surface area contributed by atoms with Crippen LogP contribution in [0.15, 0.2) is 53.7 Å². The predicted octanol–water partition coefficient (Wildman–Crippen LogP) is 2.74. The number of hydrogen-bond acceptors (Lipinski definition) is 6. The van der Waals surface area contributed by atoms with E-state index >= 15 is 0 Å². The van der Waals surface area contributed by atoms with Crippen molar-refractivity contribution in [2.24, 2.45) is 0 Å². The predicted molar refractivity (Wildman–Crippen MR) is 110 cm³/mol. The Morgan fingerprint density at radius 2 is 1.93 bits per heavy atom. The number of hydrogen-bond donors (Lipinski definition) is 1. The van der Waals surface area contributed by atoms with Gasteiger partial charge < -0.3 is 15.5 Å². The fourth-order valence-corrected chi connectivity index (χ4v) is 4.12. The van der Waals surface area contributed by atoms with Crippen LogP contribution in [0, 0.1) is 0 Å². The molecule has 0 saturated heterocycles. The molecule has 2 N–H and O–H groups in total. The van der Waals surface area contributed by atoms with Crippen molar-refractivity contribution in [1.82, 2.24) is 14.9 Å². The van der Waals surface area contributed by atoms with Crippen LogP contribution in [0.4, 0.5) is 5.69 Å². The Balaban J connectivity index is 1.50. The lowest BCUT2D eigenvalue weighted by atomic mass is 10.2. The highest BCUT2D eigenvalue weighted by molar-refractivity contribution is 8.00. The molecule has 0 spiro atoms. The van der Waals surface area contributed by atoms with Crippen LogP contribution in [-0.4, -0.2) is 39.7 Å². The quantitative estimate of drug-likeness (QED) is 0.528. The molecule has 144 valence electrons. The van der Waals surface area contributed by atoms with Gasteiger partial charge in [-0.05, 0) is 49.2 Å². The first-order valence-corrected chi connectivity index (χ1v) is 9.87. The smallest absolute Gasteiger partial charge is 0.240 e. The number of amides is 1. The summed E-state index contributed by atoms with van der Waals surface area (Å²) in [5.41, 5.74) is 3.03. The van der Waals surface area contributed by atoms with Crippen LogP contribution in [0.5, 0.6) is 5.75 Å². The maximum absolute atomic E-state index is 13.0. The molecule has 1 aliphatic rings. The van der Waals surface area contributed by atoms with E-state index in [1.54, 1.807) is 7.11 Å². The number of anilines is 1. The normalized spacial score (nSPS) is 14.0. The minimum Gasteiger partial charge on any atom is -0.497 e. The number of nitrogens with two attached hydrogens (primary N) is 1. The largest absolute Gasteiger partial charge is 0.497 e. The first-order valence-electron chi connectivity index (χ1n) is 8.99. The molecular weight excluding hydrogens is 374 g/mol. The van der Waals surface area contributed by atoms with Crippen LogP contribution in [0.25, 0.3) is 11.4 Å². The van der Waals surface area contributed by atoms with Gasteiger partial charge >= 0.3 is 0 Å². The lowest BCUT2D eigenvalue weighted by molar-refractivity contribution is -0.117. The summed E-state index contributed by atoms with van der Waals surface area (Å²) in [6.07, 6.45) is 0.883. The Hall–Kier alpha value is -3.00. The second-order valence-electron chi connectivity index (χ2n) is 6.53. The van der Waals surface area contributed by atoms with Gasteiger partial charge in [-0.25, -0.2) is 4.68 Å². The maximum Gasteiger partial charge on any atom is 0.240 e. The first-order chi connectivity index (χ1) is 13.6. The molecule has 3 aromatic rings. The van der Waals surface area contributed by atoms with Crippen molar-refractivity contribution < 1.29 is 9.53 Å². The van der Waals surface area contributed by atoms with Crippen molar-refractivity contribution >= 4 is 23.4 Å². The van der Waals surface area contributed by atoms with E-state index in [4.69, 9.17) is 10.6 Å². The van der Waals surface area contributed by atoms with Gasteiger partial charge in [0.05, 0.1) is 12.4 Å². The molecule has 8 heteroatoms. The number of carbonyl (C=O) groups is 1. The Kier molecular flexibility index (Phi) is 4.95. The van der Waals surface area contributed by atoms with Crippen LogP contribution in [0.3, 0.4) is 0 Å². The summed E-state index contributed by atoms with van der Waals surface area (Å²) in [6, 6.07) is 15.4. The molecule has 0 aliphatic carbocycles. The summed E-state index contributed by atoms with van der Waals surface area (Å²) in [7, 11) is 1.62. The maximum atomic E-state index is 13.0. The number of carbonyl (C=O) groups excluding carboxylic acids is 1. The summed E-state index contributed by atoms with van der Waals surface area (Å²) in [5, 5.41) is 8.53. The van der Waals surface area contributed by atoms with Gasteiger partial charge in [-0.15, -0.1) is 10.2 Å². The molecule has 0 radical (unpaired) electrons. The van der Waals surface area contributed by atoms with E-state index in [-0.39, 0.29) is 11.2 Å². The molecule has 1 amide bonds. The first kappa shape index (κ1) is 18.4. The van der Waals surface area contributed by atoms with E-state index in [0.717, 1.165) is 23.4 Å². The fraction of sp³-hybridized carbons (Fsp3) is 0.250. The number of benzene rings is 2. The molecule has 2 aromatic carbocycles. The molecule has 2 heterocycles. The Morgan fingerprint density at radius 1 is 1.18 bits per heavy atom. The molecule has 0 fully saturated rings. The van der Waals surface area contributed by atoms with E-state index in [9.17, 15) is 4.79 Å². The lowest BCUT2D eigenvalue weighted by Gasteiger charge is -2.21. The number of aromatic nitrogens is 3. The Morgan fingerprint density at radius 3 is 2.68 bits per heavy atom. The molecule has 0 bridgehead atoms. The van der Waals surface area contributed by atoms with Gasteiger partial charge in [0.2, 0.25) is 11.1 Å². The minimum absolute atomic E-state index is 0.0453. The third kappa shape index (κ3) is 3.31. The van der Waals surface area contributed by atoms with E-state index in [0.29, 0.717) is 17.5 Å². The van der Waals surface area contributed by atoms with E-state index < -0.39 is 0 Å². The molecule has 0 saturated carbocycles. The topological polar surface area (TPSA) is 86.3 Å².